The number of carbonyl (C=O) groups excluding carboxylic acids is 2. The van der Waals surface area contributed by atoms with Crippen molar-refractivity contribution in [2.75, 3.05) is 58.7 Å². The van der Waals surface area contributed by atoms with E-state index in [2.05, 4.69) is 4.90 Å². The van der Waals surface area contributed by atoms with Crippen molar-refractivity contribution in [3.63, 3.8) is 0 Å². The lowest BCUT2D eigenvalue weighted by atomic mass is 10.1. The average molecular weight is 564 g/mol. The van der Waals surface area contributed by atoms with Crippen molar-refractivity contribution in [1.29, 1.82) is 0 Å². The number of piperazine rings is 1. The fourth-order valence-electron chi connectivity index (χ4n) is 4.43. The molecule has 6 nitrogen and oxygen atoms in total. The van der Waals surface area contributed by atoms with E-state index in [-0.39, 0.29) is 11.8 Å². The summed E-state index contributed by atoms with van der Waals surface area (Å²) in [7, 11) is 1.65. The molecule has 0 N–H and O–H groups in total. The normalized spacial score (nSPS) is 13.9. The van der Waals surface area contributed by atoms with E-state index in [1.165, 1.54) is 0 Å². The van der Waals surface area contributed by atoms with Crippen LogP contribution in [-0.2, 0) is 4.79 Å². The average Bonchev–Trinajstić information content (AvgIpc) is 2.98. The first-order valence-corrected chi connectivity index (χ1v) is 14.4. The number of ether oxygens (including phenoxy) is 1. The summed E-state index contributed by atoms with van der Waals surface area (Å²) < 4.78 is 5.44. The SMILES string of the molecule is COc1ccccc1/C=C/CN(CCN1CCN(C(=O)CSc2ccccc2)CC1)C(=O)c1cccc(Cl)c1. The summed E-state index contributed by atoms with van der Waals surface area (Å²) in [6.45, 7) is 4.73. The van der Waals surface area contributed by atoms with Crippen molar-refractivity contribution >= 4 is 41.3 Å². The molecule has 0 spiro atoms. The number of thioether (sulfide) groups is 1. The van der Waals surface area contributed by atoms with Gasteiger partial charge in [-0.25, -0.2) is 0 Å². The van der Waals surface area contributed by atoms with E-state index >= 15 is 0 Å². The number of carbonyl (C=O) groups is 2. The van der Waals surface area contributed by atoms with Gasteiger partial charge in [-0.2, -0.15) is 0 Å². The van der Waals surface area contributed by atoms with Gasteiger partial charge in [-0.3, -0.25) is 14.5 Å². The molecule has 0 atom stereocenters. The van der Waals surface area contributed by atoms with Gasteiger partial charge in [0.25, 0.3) is 5.91 Å². The van der Waals surface area contributed by atoms with Crippen LogP contribution in [0.2, 0.25) is 5.02 Å². The fourth-order valence-corrected chi connectivity index (χ4v) is 5.44. The summed E-state index contributed by atoms with van der Waals surface area (Å²) in [5.41, 5.74) is 1.53. The quantitative estimate of drug-likeness (QED) is 0.291. The minimum atomic E-state index is -0.0612. The number of methoxy groups -OCH3 is 1. The van der Waals surface area contributed by atoms with Crippen LogP contribution < -0.4 is 4.74 Å². The Hall–Kier alpha value is -3.26. The first kappa shape index (κ1) is 28.7. The van der Waals surface area contributed by atoms with Crippen LogP contribution in [0, 0.1) is 0 Å². The third kappa shape index (κ3) is 8.62. The monoisotopic (exact) mass is 563 g/mol. The van der Waals surface area contributed by atoms with Crippen LogP contribution in [0.15, 0.2) is 89.8 Å². The molecule has 204 valence electrons. The summed E-state index contributed by atoms with van der Waals surface area (Å²) in [5, 5.41) is 0.539. The molecule has 0 unspecified atom stereocenters. The van der Waals surface area contributed by atoms with E-state index in [9.17, 15) is 9.59 Å². The number of halogens is 1. The standard InChI is InChI=1S/C31H34ClN3O3S/c1-38-29-15-6-5-9-25(29)11-8-16-35(31(37)26-10-7-12-27(32)23-26)22-19-33-17-20-34(21-18-33)30(36)24-39-28-13-3-2-4-14-28/h2-15,23H,16-22,24H2,1H3/b11-8+. The Labute approximate surface area is 240 Å². The first-order chi connectivity index (χ1) is 19.0. The van der Waals surface area contributed by atoms with Gasteiger partial charge in [0.15, 0.2) is 0 Å². The molecule has 0 aromatic heterocycles. The number of para-hydroxylation sites is 1. The van der Waals surface area contributed by atoms with Crippen LogP contribution in [0.4, 0.5) is 0 Å². The van der Waals surface area contributed by atoms with Crippen LogP contribution in [-0.4, -0.2) is 85.2 Å². The van der Waals surface area contributed by atoms with Crippen molar-refractivity contribution in [2.24, 2.45) is 0 Å². The summed E-state index contributed by atoms with van der Waals surface area (Å²) in [4.78, 5) is 33.3. The van der Waals surface area contributed by atoms with E-state index in [0.29, 0.717) is 42.5 Å². The molecule has 1 aliphatic rings. The Balaban J connectivity index is 1.32. The maximum atomic E-state index is 13.4. The molecular formula is C31H34ClN3O3S. The number of hydrogen-bond acceptors (Lipinski definition) is 5. The van der Waals surface area contributed by atoms with Gasteiger partial charge in [-0.1, -0.05) is 66.2 Å². The molecule has 39 heavy (non-hydrogen) atoms. The van der Waals surface area contributed by atoms with E-state index in [0.717, 1.165) is 35.8 Å². The minimum absolute atomic E-state index is 0.0612. The van der Waals surface area contributed by atoms with Crippen molar-refractivity contribution in [1.82, 2.24) is 14.7 Å². The lowest BCUT2D eigenvalue weighted by Gasteiger charge is -2.35. The second-order valence-corrected chi connectivity index (χ2v) is 10.7. The lowest BCUT2D eigenvalue weighted by Crippen LogP contribution is -2.51. The Morgan fingerprint density at radius 3 is 2.46 bits per heavy atom. The van der Waals surface area contributed by atoms with Crippen LogP contribution in [0.5, 0.6) is 5.75 Å². The molecule has 2 amide bonds. The molecule has 1 heterocycles. The lowest BCUT2D eigenvalue weighted by molar-refractivity contribution is -0.130. The zero-order valence-corrected chi connectivity index (χ0v) is 23.7. The molecule has 8 heteroatoms. The molecule has 3 aromatic carbocycles. The van der Waals surface area contributed by atoms with Gasteiger partial charge in [-0.15, -0.1) is 11.8 Å². The van der Waals surface area contributed by atoms with Gasteiger partial charge in [0, 0.05) is 66.9 Å². The van der Waals surface area contributed by atoms with Crippen molar-refractivity contribution in [3.8, 4) is 5.75 Å². The van der Waals surface area contributed by atoms with Crippen molar-refractivity contribution < 1.29 is 14.3 Å². The molecule has 1 fully saturated rings. The highest BCUT2D eigenvalue weighted by Gasteiger charge is 2.22. The van der Waals surface area contributed by atoms with Gasteiger partial charge < -0.3 is 14.5 Å². The molecule has 0 radical (unpaired) electrons. The Bertz CT molecular complexity index is 1260. The minimum Gasteiger partial charge on any atom is -0.496 e. The van der Waals surface area contributed by atoms with Crippen LogP contribution in [0.1, 0.15) is 15.9 Å². The van der Waals surface area contributed by atoms with Crippen LogP contribution in [0.3, 0.4) is 0 Å². The highest BCUT2D eigenvalue weighted by Crippen LogP contribution is 2.20. The Morgan fingerprint density at radius 2 is 1.72 bits per heavy atom. The molecule has 3 aromatic rings. The summed E-state index contributed by atoms with van der Waals surface area (Å²) in [5.74, 6) is 1.34. The number of amides is 2. The zero-order chi connectivity index (χ0) is 27.5. The fraction of sp³-hybridized carbons (Fsp3) is 0.290. The van der Waals surface area contributed by atoms with E-state index in [1.807, 2.05) is 76.5 Å². The second-order valence-electron chi connectivity index (χ2n) is 9.23. The highest BCUT2D eigenvalue weighted by atomic mass is 35.5. The maximum Gasteiger partial charge on any atom is 0.254 e. The summed E-state index contributed by atoms with van der Waals surface area (Å²) >= 11 is 7.74. The summed E-state index contributed by atoms with van der Waals surface area (Å²) in [6.07, 6.45) is 3.97. The number of rotatable bonds is 11. The maximum absolute atomic E-state index is 13.4. The van der Waals surface area contributed by atoms with Crippen LogP contribution >= 0.6 is 23.4 Å². The van der Waals surface area contributed by atoms with E-state index < -0.39 is 0 Å². The molecule has 4 rings (SSSR count). The van der Waals surface area contributed by atoms with Gasteiger partial charge in [0.05, 0.1) is 12.9 Å². The third-order valence-electron chi connectivity index (χ3n) is 6.64. The Kier molecular flexibility index (Phi) is 10.9. The molecule has 0 bridgehead atoms. The van der Waals surface area contributed by atoms with Crippen LogP contribution in [0.25, 0.3) is 6.08 Å². The topological polar surface area (TPSA) is 53.1 Å². The highest BCUT2D eigenvalue weighted by molar-refractivity contribution is 8.00. The zero-order valence-electron chi connectivity index (χ0n) is 22.2. The largest absolute Gasteiger partial charge is 0.496 e. The molecule has 0 saturated carbocycles. The molecular weight excluding hydrogens is 530 g/mol. The van der Waals surface area contributed by atoms with Gasteiger partial charge in [0.2, 0.25) is 5.91 Å². The molecule has 1 aliphatic heterocycles. The Morgan fingerprint density at radius 1 is 0.974 bits per heavy atom. The second kappa shape index (κ2) is 14.8. The van der Waals surface area contributed by atoms with Gasteiger partial charge >= 0.3 is 0 Å². The van der Waals surface area contributed by atoms with E-state index in [1.54, 1.807) is 43.1 Å². The molecule has 0 aliphatic carbocycles. The van der Waals surface area contributed by atoms with Gasteiger partial charge in [0.1, 0.15) is 5.75 Å². The van der Waals surface area contributed by atoms with Crippen molar-refractivity contribution in [2.45, 2.75) is 4.90 Å². The predicted octanol–water partition coefficient (Wildman–Crippen LogP) is 5.44. The summed E-state index contributed by atoms with van der Waals surface area (Å²) in [6, 6.07) is 24.9. The van der Waals surface area contributed by atoms with E-state index in [4.69, 9.17) is 16.3 Å². The smallest absolute Gasteiger partial charge is 0.254 e. The number of benzene rings is 3. The predicted molar refractivity (Wildman–Crippen MR) is 160 cm³/mol. The molecule has 1 saturated heterocycles. The number of hydrogen-bond donors (Lipinski definition) is 0. The number of nitrogens with zero attached hydrogens (tertiary/aromatic N) is 3. The third-order valence-corrected chi connectivity index (χ3v) is 7.87. The van der Waals surface area contributed by atoms with Crippen molar-refractivity contribution in [3.05, 3.63) is 101 Å². The first-order valence-electron chi connectivity index (χ1n) is 13.1. The van der Waals surface area contributed by atoms with Gasteiger partial charge in [-0.05, 0) is 36.4 Å².